The van der Waals surface area contributed by atoms with E-state index in [0.717, 1.165) is 12.8 Å². The third-order valence-corrected chi connectivity index (χ3v) is 5.06. The van der Waals surface area contributed by atoms with Crippen LogP contribution in [0.1, 0.15) is 90.7 Å². The van der Waals surface area contributed by atoms with Crippen molar-refractivity contribution in [1.29, 1.82) is 0 Å². The minimum absolute atomic E-state index is 0.0269. The summed E-state index contributed by atoms with van der Waals surface area (Å²) in [7, 11) is 0. The molecule has 1 atom stereocenters. The molecular formula is C25H36N2O7. The van der Waals surface area contributed by atoms with E-state index in [-0.39, 0.29) is 12.8 Å². The molecule has 0 radical (unpaired) electrons. The number of alkyl carbamates (subject to hydrolysis) is 1. The Bertz CT molecular complexity index is 830. The van der Waals surface area contributed by atoms with Crippen LogP contribution in [0.2, 0.25) is 0 Å². The molecule has 1 aromatic carbocycles. The van der Waals surface area contributed by atoms with E-state index in [4.69, 9.17) is 14.3 Å². The van der Waals surface area contributed by atoms with Crippen molar-refractivity contribution in [2.75, 3.05) is 6.61 Å². The maximum atomic E-state index is 12.8. The number of unbranched alkanes of at least 4 members (excludes halogenated alkanes) is 5. The molecule has 0 saturated carbocycles. The van der Waals surface area contributed by atoms with Crippen LogP contribution in [-0.4, -0.2) is 41.1 Å². The highest BCUT2D eigenvalue weighted by atomic mass is 16.7. The van der Waals surface area contributed by atoms with Gasteiger partial charge in [-0.15, -0.1) is 5.06 Å². The highest BCUT2D eigenvalue weighted by molar-refractivity contribution is 6.02. The lowest BCUT2D eigenvalue weighted by Gasteiger charge is -2.24. The van der Waals surface area contributed by atoms with Crippen LogP contribution in [0.25, 0.3) is 0 Å². The van der Waals surface area contributed by atoms with Gasteiger partial charge in [-0.25, -0.2) is 9.59 Å². The number of amides is 3. The lowest BCUT2D eigenvalue weighted by molar-refractivity contribution is -0.199. The summed E-state index contributed by atoms with van der Waals surface area (Å²) >= 11 is 0. The van der Waals surface area contributed by atoms with E-state index in [1.165, 1.54) is 25.7 Å². The van der Waals surface area contributed by atoms with Crippen molar-refractivity contribution in [2.24, 2.45) is 0 Å². The van der Waals surface area contributed by atoms with Crippen molar-refractivity contribution in [3.8, 4) is 5.75 Å². The van der Waals surface area contributed by atoms with Crippen LogP contribution in [-0.2, 0) is 24.0 Å². The second-order valence-electron chi connectivity index (χ2n) is 9.26. The minimum atomic E-state index is -1.29. The second-order valence-corrected chi connectivity index (χ2v) is 9.26. The van der Waals surface area contributed by atoms with E-state index in [9.17, 15) is 19.2 Å². The van der Waals surface area contributed by atoms with Gasteiger partial charge in [0, 0.05) is 12.8 Å². The summed E-state index contributed by atoms with van der Waals surface area (Å²) in [4.78, 5) is 53.9. The Morgan fingerprint density at radius 2 is 1.56 bits per heavy atom. The van der Waals surface area contributed by atoms with Crippen LogP contribution < -0.4 is 10.1 Å². The average Bonchev–Trinajstić information content (AvgIpc) is 3.08. The maximum Gasteiger partial charge on any atom is 0.408 e. The third-order valence-electron chi connectivity index (χ3n) is 5.06. The Kier molecular flexibility index (Phi) is 10.3. The Morgan fingerprint density at radius 1 is 0.971 bits per heavy atom. The summed E-state index contributed by atoms with van der Waals surface area (Å²) in [6.07, 6.45) is 6.08. The maximum absolute atomic E-state index is 12.8. The molecule has 0 spiro atoms. The topological polar surface area (TPSA) is 111 Å². The van der Waals surface area contributed by atoms with Crippen molar-refractivity contribution in [3.05, 3.63) is 29.8 Å². The number of carbonyl (C=O) groups excluding carboxylic acids is 4. The summed E-state index contributed by atoms with van der Waals surface area (Å²) in [6, 6.07) is 5.33. The van der Waals surface area contributed by atoms with Gasteiger partial charge in [0.2, 0.25) is 0 Å². The number of hydrogen-bond acceptors (Lipinski definition) is 7. The Balaban J connectivity index is 2.02. The number of benzene rings is 1. The van der Waals surface area contributed by atoms with Crippen molar-refractivity contribution < 1.29 is 33.5 Å². The van der Waals surface area contributed by atoms with E-state index < -0.39 is 35.5 Å². The molecule has 1 aliphatic rings. The first-order valence-electron chi connectivity index (χ1n) is 11.9. The molecule has 188 valence electrons. The van der Waals surface area contributed by atoms with Crippen LogP contribution in [0.15, 0.2) is 24.3 Å². The highest BCUT2D eigenvalue weighted by Gasteiger charge is 2.36. The van der Waals surface area contributed by atoms with Crippen molar-refractivity contribution in [3.63, 3.8) is 0 Å². The first-order chi connectivity index (χ1) is 16.1. The summed E-state index contributed by atoms with van der Waals surface area (Å²) in [5.74, 6) is -1.55. The van der Waals surface area contributed by atoms with Gasteiger partial charge in [0.25, 0.3) is 11.8 Å². The quantitative estimate of drug-likeness (QED) is 0.347. The zero-order valence-corrected chi connectivity index (χ0v) is 20.6. The standard InChI is InChI=1S/C25H36N2O7/c1-5-6-7-8-9-10-17-32-19-13-11-18(12-14-19)22(26-24(31)33-25(2,3)4)23(30)34-27-20(28)15-16-21(27)29/h11-14,22H,5-10,15-17H2,1-4H3,(H,26,31)/t22-/m1/s1. The van der Waals surface area contributed by atoms with Crippen LogP contribution in [0, 0.1) is 0 Å². The van der Waals surface area contributed by atoms with E-state index in [1.54, 1.807) is 45.0 Å². The molecule has 3 amide bonds. The van der Waals surface area contributed by atoms with Crippen LogP contribution in [0.3, 0.4) is 0 Å². The van der Waals surface area contributed by atoms with Gasteiger partial charge in [0.1, 0.15) is 11.4 Å². The van der Waals surface area contributed by atoms with Crippen LogP contribution >= 0.6 is 0 Å². The van der Waals surface area contributed by atoms with Gasteiger partial charge in [-0.3, -0.25) is 9.59 Å². The van der Waals surface area contributed by atoms with Gasteiger partial charge in [0.15, 0.2) is 6.04 Å². The molecule has 9 heteroatoms. The van der Waals surface area contributed by atoms with Crippen molar-refractivity contribution in [1.82, 2.24) is 10.4 Å². The Morgan fingerprint density at radius 3 is 2.15 bits per heavy atom. The Labute approximate surface area is 201 Å². The van der Waals surface area contributed by atoms with Crippen LogP contribution in [0.4, 0.5) is 4.79 Å². The van der Waals surface area contributed by atoms with E-state index >= 15 is 0 Å². The number of hydroxylamine groups is 2. The molecule has 1 fully saturated rings. The molecule has 1 aromatic rings. The van der Waals surface area contributed by atoms with Gasteiger partial charge < -0.3 is 19.6 Å². The zero-order chi connectivity index (χ0) is 25.1. The molecule has 0 aliphatic carbocycles. The van der Waals surface area contributed by atoms with Crippen molar-refractivity contribution >= 4 is 23.9 Å². The molecule has 1 N–H and O–H groups in total. The van der Waals surface area contributed by atoms with Crippen LogP contribution in [0.5, 0.6) is 5.75 Å². The first kappa shape index (κ1) is 27.1. The number of nitrogens with one attached hydrogen (secondary N) is 1. The zero-order valence-electron chi connectivity index (χ0n) is 20.6. The third kappa shape index (κ3) is 9.03. The lowest BCUT2D eigenvalue weighted by atomic mass is 10.1. The van der Waals surface area contributed by atoms with E-state index in [1.807, 2.05) is 0 Å². The minimum Gasteiger partial charge on any atom is -0.494 e. The smallest absolute Gasteiger partial charge is 0.408 e. The molecular weight excluding hydrogens is 440 g/mol. The first-order valence-corrected chi connectivity index (χ1v) is 11.9. The lowest BCUT2D eigenvalue weighted by Crippen LogP contribution is -2.42. The normalized spacial score (nSPS) is 14.6. The molecule has 9 nitrogen and oxygen atoms in total. The summed E-state index contributed by atoms with van der Waals surface area (Å²) in [6.45, 7) is 7.85. The van der Waals surface area contributed by atoms with E-state index in [2.05, 4.69) is 12.2 Å². The fourth-order valence-corrected chi connectivity index (χ4v) is 3.33. The fraction of sp³-hybridized carbons (Fsp3) is 0.600. The SMILES string of the molecule is CCCCCCCCOc1ccc([C@@H](NC(=O)OC(C)(C)C)C(=O)ON2C(=O)CCC2=O)cc1. The van der Waals surface area contributed by atoms with Gasteiger partial charge >= 0.3 is 12.1 Å². The number of ether oxygens (including phenoxy) is 2. The number of carbonyl (C=O) groups is 4. The largest absolute Gasteiger partial charge is 0.494 e. The number of hydrogen-bond donors (Lipinski definition) is 1. The Hall–Kier alpha value is -3.10. The van der Waals surface area contributed by atoms with Crippen molar-refractivity contribution in [2.45, 2.75) is 90.7 Å². The molecule has 0 bridgehead atoms. The molecule has 0 aromatic heterocycles. The highest BCUT2D eigenvalue weighted by Crippen LogP contribution is 2.22. The predicted molar refractivity (Wildman–Crippen MR) is 125 cm³/mol. The van der Waals surface area contributed by atoms with Gasteiger partial charge in [-0.1, -0.05) is 51.2 Å². The molecule has 2 rings (SSSR count). The second kappa shape index (κ2) is 13.0. The molecule has 1 saturated heterocycles. The fourth-order valence-electron chi connectivity index (χ4n) is 3.33. The average molecular weight is 477 g/mol. The summed E-state index contributed by atoms with van der Waals surface area (Å²) in [5, 5.41) is 2.91. The summed E-state index contributed by atoms with van der Waals surface area (Å²) < 4.78 is 11.0. The van der Waals surface area contributed by atoms with Gasteiger partial charge in [0.05, 0.1) is 6.61 Å². The number of nitrogens with zero attached hydrogens (tertiary/aromatic N) is 1. The van der Waals surface area contributed by atoms with Gasteiger partial charge in [-0.05, 0) is 44.9 Å². The summed E-state index contributed by atoms with van der Waals surface area (Å²) in [5.41, 5.74) is -0.393. The molecule has 0 unspecified atom stereocenters. The molecule has 34 heavy (non-hydrogen) atoms. The number of rotatable bonds is 12. The number of imide groups is 1. The van der Waals surface area contributed by atoms with E-state index in [0.29, 0.717) is 23.0 Å². The van der Waals surface area contributed by atoms with Gasteiger partial charge in [-0.2, -0.15) is 0 Å². The molecule has 1 heterocycles. The monoisotopic (exact) mass is 476 g/mol. The predicted octanol–water partition coefficient (Wildman–Crippen LogP) is 4.60. The molecule has 1 aliphatic heterocycles.